The van der Waals surface area contributed by atoms with E-state index >= 15 is 0 Å². The highest BCUT2D eigenvalue weighted by Crippen LogP contribution is 2.26. The van der Waals surface area contributed by atoms with Crippen LogP contribution in [-0.2, 0) is 6.54 Å². The summed E-state index contributed by atoms with van der Waals surface area (Å²) < 4.78 is 10.5. The van der Waals surface area contributed by atoms with Crippen LogP contribution >= 0.6 is 0 Å². The van der Waals surface area contributed by atoms with Gasteiger partial charge in [0.1, 0.15) is 5.56 Å². The van der Waals surface area contributed by atoms with Crippen molar-refractivity contribution in [3.05, 3.63) is 65.5 Å². The maximum Gasteiger partial charge on any atom is 0.257 e. The van der Waals surface area contributed by atoms with Crippen molar-refractivity contribution in [2.45, 2.75) is 13.5 Å². The number of hydrogen-bond acceptors (Lipinski definition) is 4. The van der Waals surface area contributed by atoms with Crippen LogP contribution in [0.15, 0.2) is 57.7 Å². The molecule has 21 heavy (non-hydrogen) atoms. The van der Waals surface area contributed by atoms with E-state index in [9.17, 15) is 4.79 Å². The fourth-order valence-electron chi connectivity index (χ4n) is 2.08. The molecule has 1 amide bonds. The number of hydrogen-bond donors (Lipinski definition) is 1. The number of furan rings is 1. The summed E-state index contributed by atoms with van der Waals surface area (Å²) in [5.74, 6) is 0.604. The number of nitrogens with zero attached hydrogens (tertiary/aromatic N) is 1. The number of rotatable bonds is 4. The minimum Gasteiger partial charge on any atom is -0.461 e. The third-order valence-corrected chi connectivity index (χ3v) is 3.13. The quantitative estimate of drug-likeness (QED) is 0.798. The highest BCUT2D eigenvalue weighted by molar-refractivity contribution is 6.00. The van der Waals surface area contributed by atoms with Crippen LogP contribution in [0.25, 0.3) is 11.5 Å². The van der Waals surface area contributed by atoms with Crippen molar-refractivity contribution >= 4 is 5.91 Å². The molecule has 0 aliphatic rings. The first-order valence-electron chi connectivity index (χ1n) is 6.58. The SMILES string of the molecule is Cc1noc(-c2ccco2)c1C(=O)NCc1ccccc1. The van der Waals surface area contributed by atoms with Crippen LogP contribution < -0.4 is 5.32 Å². The molecule has 106 valence electrons. The van der Waals surface area contributed by atoms with E-state index in [1.807, 2.05) is 30.3 Å². The smallest absolute Gasteiger partial charge is 0.257 e. The van der Waals surface area contributed by atoms with E-state index < -0.39 is 0 Å². The molecule has 1 aromatic carbocycles. The average molecular weight is 282 g/mol. The van der Waals surface area contributed by atoms with Crippen molar-refractivity contribution in [3.63, 3.8) is 0 Å². The molecule has 5 heteroatoms. The van der Waals surface area contributed by atoms with Crippen molar-refractivity contribution in [1.82, 2.24) is 10.5 Å². The van der Waals surface area contributed by atoms with E-state index in [4.69, 9.17) is 8.94 Å². The molecule has 2 heterocycles. The second kappa shape index (κ2) is 5.66. The molecule has 1 N–H and O–H groups in total. The van der Waals surface area contributed by atoms with E-state index in [0.717, 1.165) is 5.56 Å². The summed E-state index contributed by atoms with van der Waals surface area (Å²) in [4.78, 5) is 12.4. The summed E-state index contributed by atoms with van der Waals surface area (Å²) in [5, 5.41) is 6.72. The summed E-state index contributed by atoms with van der Waals surface area (Å²) in [6.45, 7) is 2.18. The Hall–Kier alpha value is -2.82. The Bertz CT molecular complexity index is 730. The van der Waals surface area contributed by atoms with Gasteiger partial charge in [-0.1, -0.05) is 35.5 Å². The molecule has 0 bridgehead atoms. The molecular weight excluding hydrogens is 268 g/mol. The molecule has 0 radical (unpaired) electrons. The van der Waals surface area contributed by atoms with Gasteiger partial charge in [-0.3, -0.25) is 4.79 Å². The summed E-state index contributed by atoms with van der Waals surface area (Å²) in [7, 11) is 0. The fourth-order valence-corrected chi connectivity index (χ4v) is 2.08. The van der Waals surface area contributed by atoms with Crippen LogP contribution in [0, 0.1) is 6.92 Å². The van der Waals surface area contributed by atoms with Gasteiger partial charge in [-0.05, 0) is 24.6 Å². The maximum atomic E-state index is 12.4. The predicted octanol–water partition coefficient (Wildman–Crippen LogP) is 3.17. The Morgan fingerprint density at radius 1 is 1.19 bits per heavy atom. The lowest BCUT2D eigenvalue weighted by Crippen LogP contribution is -2.23. The van der Waals surface area contributed by atoms with Crippen LogP contribution in [0.3, 0.4) is 0 Å². The highest BCUT2D eigenvalue weighted by Gasteiger charge is 2.23. The zero-order valence-corrected chi connectivity index (χ0v) is 11.5. The van der Waals surface area contributed by atoms with Crippen molar-refractivity contribution in [2.24, 2.45) is 0 Å². The van der Waals surface area contributed by atoms with Crippen molar-refractivity contribution in [3.8, 4) is 11.5 Å². The summed E-state index contributed by atoms with van der Waals surface area (Å²) >= 11 is 0. The van der Waals surface area contributed by atoms with Gasteiger partial charge in [0, 0.05) is 6.54 Å². The molecule has 0 unspecified atom stereocenters. The van der Waals surface area contributed by atoms with Gasteiger partial charge in [0.2, 0.25) is 5.76 Å². The lowest BCUT2D eigenvalue weighted by atomic mass is 10.1. The van der Waals surface area contributed by atoms with Crippen molar-refractivity contribution < 1.29 is 13.7 Å². The molecule has 0 aliphatic heterocycles. The molecule has 0 spiro atoms. The molecule has 0 fully saturated rings. The number of nitrogens with one attached hydrogen (secondary N) is 1. The summed E-state index contributed by atoms with van der Waals surface area (Å²) in [6, 6.07) is 13.2. The first kappa shape index (κ1) is 13.2. The topological polar surface area (TPSA) is 68.3 Å². The van der Waals surface area contributed by atoms with Gasteiger partial charge in [-0.2, -0.15) is 0 Å². The molecule has 0 aliphatic carbocycles. The van der Waals surface area contributed by atoms with E-state index in [0.29, 0.717) is 29.3 Å². The molecule has 0 atom stereocenters. The van der Waals surface area contributed by atoms with E-state index in [1.165, 1.54) is 6.26 Å². The van der Waals surface area contributed by atoms with Crippen molar-refractivity contribution in [2.75, 3.05) is 0 Å². The molecule has 2 aromatic heterocycles. The minimum absolute atomic E-state index is 0.232. The van der Waals surface area contributed by atoms with Gasteiger partial charge in [-0.25, -0.2) is 0 Å². The molecule has 5 nitrogen and oxygen atoms in total. The Morgan fingerprint density at radius 2 is 2.00 bits per heavy atom. The van der Waals surface area contributed by atoms with Crippen LogP contribution in [0.5, 0.6) is 0 Å². The maximum absolute atomic E-state index is 12.4. The van der Waals surface area contributed by atoms with Gasteiger partial charge in [0.05, 0.1) is 12.0 Å². The lowest BCUT2D eigenvalue weighted by Gasteiger charge is -2.05. The second-order valence-electron chi connectivity index (χ2n) is 4.62. The van der Waals surface area contributed by atoms with Crippen LogP contribution in [0.2, 0.25) is 0 Å². The molecule has 3 rings (SSSR count). The molecule has 0 saturated heterocycles. The highest BCUT2D eigenvalue weighted by atomic mass is 16.5. The van der Waals surface area contributed by atoms with Crippen molar-refractivity contribution in [1.29, 1.82) is 0 Å². The Morgan fingerprint density at radius 3 is 2.71 bits per heavy atom. The Kier molecular flexibility index (Phi) is 3.55. The second-order valence-corrected chi connectivity index (χ2v) is 4.62. The van der Waals surface area contributed by atoms with E-state index in [1.54, 1.807) is 19.1 Å². The largest absolute Gasteiger partial charge is 0.461 e. The minimum atomic E-state index is -0.232. The normalized spacial score (nSPS) is 10.5. The van der Waals surface area contributed by atoms with Gasteiger partial charge in [0.15, 0.2) is 5.76 Å². The molecule has 0 saturated carbocycles. The predicted molar refractivity (Wildman–Crippen MR) is 76.6 cm³/mol. The first-order valence-corrected chi connectivity index (χ1v) is 6.58. The average Bonchev–Trinajstić information content (AvgIpc) is 3.15. The van der Waals surface area contributed by atoms with Crippen LogP contribution in [-0.4, -0.2) is 11.1 Å². The Labute approximate surface area is 121 Å². The number of amides is 1. The van der Waals surface area contributed by atoms with Gasteiger partial charge in [-0.15, -0.1) is 0 Å². The third-order valence-electron chi connectivity index (χ3n) is 3.13. The van der Waals surface area contributed by atoms with Crippen LogP contribution in [0.1, 0.15) is 21.6 Å². The standard InChI is InChI=1S/C16H14N2O3/c1-11-14(15(21-18-11)13-8-5-9-20-13)16(19)17-10-12-6-3-2-4-7-12/h2-9H,10H2,1H3,(H,17,19). The summed E-state index contributed by atoms with van der Waals surface area (Å²) in [5.41, 5.74) is 1.97. The number of aryl methyl sites for hydroxylation is 1. The number of benzene rings is 1. The number of carbonyl (C=O) groups excluding carboxylic acids is 1. The Balaban J connectivity index is 1.80. The lowest BCUT2D eigenvalue weighted by molar-refractivity contribution is 0.0950. The third kappa shape index (κ3) is 2.72. The molecular formula is C16H14N2O3. The van der Waals surface area contributed by atoms with E-state index in [2.05, 4.69) is 10.5 Å². The van der Waals surface area contributed by atoms with Gasteiger partial charge in [0.25, 0.3) is 5.91 Å². The zero-order valence-electron chi connectivity index (χ0n) is 11.5. The van der Waals surface area contributed by atoms with E-state index in [-0.39, 0.29) is 5.91 Å². The number of aromatic nitrogens is 1. The summed E-state index contributed by atoms with van der Waals surface area (Å²) in [6.07, 6.45) is 1.53. The fraction of sp³-hybridized carbons (Fsp3) is 0.125. The monoisotopic (exact) mass is 282 g/mol. The number of carbonyl (C=O) groups is 1. The van der Waals surface area contributed by atoms with Gasteiger partial charge < -0.3 is 14.3 Å². The molecule has 3 aromatic rings. The van der Waals surface area contributed by atoms with Gasteiger partial charge >= 0.3 is 0 Å². The van der Waals surface area contributed by atoms with Crippen LogP contribution in [0.4, 0.5) is 0 Å². The first-order chi connectivity index (χ1) is 10.3. The zero-order chi connectivity index (χ0) is 14.7.